The number of amides is 1. The van der Waals surface area contributed by atoms with Crippen molar-refractivity contribution in [1.82, 2.24) is 5.32 Å². The topological polar surface area (TPSA) is 101 Å². The first-order valence-electron chi connectivity index (χ1n) is 8.87. The highest BCUT2D eigenvalue weighted by Crippen LogP contribution is 2.18. The van der Waals surface area contributed by atoms with Crippen LogP contribution in [0.2, 0.25) is 0 Å². The van der Waals surface area contributed by atoms with Crippen LogP contribution in [0.3, 0.4) is 0 Å². The molecule has 0 bridgehead atoms. The minimum absolute atomic E-state index is 0.0640. The first-order chi connectivity index (χ1) is 12.6. The van der Waals surface area contributed by atoms with Crippen molar-refractivity contribution in [3.63, 3.8) is 0 Å². The minimum atomic E-state index is -3.71. The molecule has 0 spiro atoms. The number of hydrogen-bond acceptors (Lipinski definition) is 4. The number of anilines is 1. The molecule has 0 saturated carbocycles. The Bertz CT molecular complexity index is 876. The Labute approximate surface area is 161 Å². The number of carbonyl (C=O) groups is 1. The Balaban J connectivity index is 1.96. The van der Waals surface area contributed by atoms with Crippen LogP contribution in [-0.2, 0) is 14.8 Å². The molecule has 0 aliphatic heterocycles. The molecule has 2 atom stereocenters. The monoisotopic (exact) mass is 389 g/mol. The molecule has 27 heavy (non-hydrogen) atoms. The number of benzene rings is 2. The van der Waals surface area contributed by atoms with E-state index in [0.29, 0.717) is 5.92 Å². The highest BCUT2D eigenvalue weighted by molar-refractivity contribution is 7.89. The third kappa shape index (κ3) is 5.89. The van der Waals surface area contributed by atoms with Crippen molar-refractivity contribution in [2.75, 3.05) is 5.32 Å². The average molecular weight is 390 g/mol. The number of rotatable bonds is 7. The Morgan fingerprint density at radius 3 is 1.89 bits per heavy atom. The van der Waals surface area contributed by atoms with Crippen LogP contribution in [0.25, 0.3) is 0 Å². The molecular formula is C20H27N3O3S. The molecule has 2 aromatic carbocycles. The molecule has 0 aliphatic rings. The van der Waals surface area contributed by atoms with Gasteiger partial charge in [0.05, 0.1) is 10.9 Å². The van der Waals surface area contributed by atoms with Gasteiger partial charge in [-0.2, -0.15) is 0 Å². The Kier molecular flexibility index (Phi) is 6.75. The molecule has 146 valence electrons. The second-order valence-electron chi connectivity index (χ2n) is 6.99. The summed E-state index contributed by atoms with van der Waals surface area (Å²) in [5.74, 6) is 0.303. The fraction of sp³-hybridized carbons (Fsp3) is 0.350. The van der Waals surface area contributed by atoms with Crippen molar-refractivity contribution in [3.8, 4) is 0 Å². The predicted octanol–water partition coefficient (Wildman–Crippen LogP) is 3.14. The Morgan fingerprint density at radius 2 is 1.41 bits per heavy atom. The molecule has 2 rings (SSSR count). The van der Waals surface area contributed by atoms with E-state index in [1.165, 1.54) is 17.7 Å². The third-order valence-electron chi connectivity index (χ3n) is 4.45. The van der Waals surface area contributed by atoms with Crippen molar-refractivity contribution in [1.29, 1.82) is 0 Å². The van der Waals surface area contributed by atoms with Gasteiger partial charge in [-0.15, -0.1) is 0 Å². The van der Waals surface area contributed by atoms with Crippen LogP contribution in [0.1, 0.15) is 50.8 Å². The molecule has 0 aliphatic carbocycles. The lowest BCUT2D eigenvalue weighted by Crippen LogP contribution is -2.39. The molecule has 0 saturated heterocycles. The number of carbonyl (C=O) groups excluding carboxylic acids is 1. The summed E-state index contributed by atoms with van der Waals surface area (Å²) in [5, 5.41) is 11.2. The average Bonchev–Trinajstić information content (AvgIpc) is 2.61. The zero-order valence-corrected chi connectivity index (χ0v) is 16.9. The van der Waals surface area contributed by atoms with E-state index >= 15 is 0 Å². The van der Waals surface area contributed by atoms with Gasteiger partial charge in [-0.05, 0) is 55.2 Å². The number of primary sulfonamides is 1. The second-order valence-corrected chi connectivity index (χ2v) is 8.55. The summed E-state index contributed by atoms with van der Waals surface area (Å²) in [5.41, 5.74) is 2.84. The lowest BCUT2D eigenvalue weighted by Gasteiger charge is -2.20. The highest BCUT2D eigenvalue weighted by Gasteiger charge is 2.17. The number of nitrogens with one attached hydrogen (secondary N) is 2. The van der Waals surface area contributed by atoms with Gasteiger partial charge in [-0.3, -0.25) is 10.1 Å². The van der Waals surface area contributed by atoms with Gasteiger partial charge >= 0.3 is 0 Å². The van der Waals surface area contributed by atoms with Gasteiger partial charge in [0.2, 0.25) is 15.9 Å². The zero-order valence-electron chi connectivity index (χ0n) is 16.1. The molecule has 1 amide bonds. The van der Waals surface area contributed by atoms with Gasteiger partial charge in [0.15, 0.2) is 0 Å². The maximum Gasteiger partial charge on any atom is 0.241 e. The standard InChI is InChI=1S/C20H27N3O3S/c1-13(2)16-5-9-18(10-6-16)23-20(24)15(4)22-14(3)17-7-11-19(12-8-17)27(21,25)26/h5-15,22H,1-4H3,(H,23,24)(H2,21,25,26)/t14-,15+/m0/s1. The van der Waals surface area contributed by atoms with E-state index < -0.39 is 16.1 Å². The zero-order chi connectivity index (χ0) is 20.2. The van der Waals surface area contributed by atoms with Gasteiger partial charge in [0.25, 0.3) is 0 Å². The van der Waals surface area contributed by atoms with E-state index in [4.69, 9.17) is 5.14 Å². The van der Waals surface area contributed by atoms with E-state index in [9.17, 15) is 13.2 Å². The van der Waals surface area contributed by atoms with E-state index in [0.717, 1.165) is 11.3 Å². The highest BCUT2D eigenvalue weighted by atomic mass is 32.2. The molecule has 7 heteroatoms. The first kappa shape index (κ1) is 21.1. The van der Waals surface area contributed by atoms with Crippen LogP contribution in [0.5, 0.6) is 0 Å². The fourth-order valence-electron chi connectivity index (χ4n) is 2.69. The first-order valence-corrected chi connectivity index (χ1v) is 10.4. The summed E-state index contributed by atoms with van der Waals surface area (Å²) in [6.45, 7) is 7.94. The minimum Gasteiger partial charge on any atom is -0.325 e. The van der Waals surface area contributed by atoms with Crippen molar-refractivity contribution < 1.29 is 13.2 Å². The van der Waals surface area contributed by atoms with Gasteiger partial charge in [0, 0.05) is 11.7 Å². The number of nitrogens with two attached hydrogens (primary N) is 1. The van der Waals surface area contributed by atoms with Gasteiger partial charge in [-0.25, -0.2) is 13.6 Å². The van der Waals surface area contributed by atoms with E-state index in [2.05, 4.69) is 24.5 Å². The second kappa shape index (κ2) is 8.65. The largest absolute Gasteiger partial charge is 0.325 e. The summed E-state index contributed by atoms with van der Waals surface area (Å²) in [6, 6.07) is 13.5. The van der Waals surface area contributed by atoms with Crippen LogP contribution in [0.15, 0.2) is 53.4 Å². The number of sulfonamides is 1. The summed E-state index contributed by atoms with van der Waals surface area (Å²) >= 11 is 0. The third-order valence-corrected chi connectivity index (χ3v) is 5.38. The van der Waals surface area contributed by atoms with E-state index in [1.54, 1.807) is 19.1 Å². The fourth-order valence-corrected chi connectivity index (χ4v) is 3.21. The van der Waals surface area contributed by atoms with Crippen LogP contribution >= 0.6 is 0 Å². The van der Waals surface area contributed by atoms with E-state index in [1.807, 2.05) is 31.2 Å². The molecule has 0 fully saturated rings. The smallest absolute Gasteiger partial charge is 0.241 e. The van der Waals surface area contributed by atoms with Crippen molar-refractivity contribution in [3.05, 3.63) is 59.7 Å². The Morgan fingerprint density at radius 1 is 0.889 bits per heavy atom. The van der Waals surface area contributed by atoms with Crippen molar-refractivity contribution >= 4 is 21.6 Å². The molecule has 0 aromatic heterocycles. The van der Waals surface area contributed by atoms with Crippen LogP contribution in [-0.4, -0.2) is 20.4 Å². The van der Waals surface area contributed by atoms with Crippen molar-refractivity contribution in [2.24, 2.45) is 5.14 Å². The predicted molar refractivity (Wildman–Crippen MR) is 108 cm³/mol. The Hall–Kier alpha value is -2.22. The number of hydrogen-bond donors (Lipinski definition) is 3. The molecule has 2 aromatic rings. The summed E-state index contributed by atoms with van der Waals surface area (Å²) in [7, 11) is -3.71. The quantitative estimate of drug-likeness (QED) is 0.677. The SMILES string of the molecule is CC(C)c1ccc(NC(=O)[C@@H](C)N[C@@H](C)c2ccc(S(N)(=O)=O)cc2)cc1. The normalized spacial score (nSPS) is 14.0. The molecule has 0 unspecified atom stereocenters. The molecule has 0 heterocycles. The molecular weight excluding hydrogens is 362 g/mol. The van der Waals surface area contributed by atoms with Crippen LogP contribution in [0.4, 0.5) is 5.69 Å². The van der Waals surface area contributed by atoms with Gasteiger partial charge in [-0.1, -0.05) is 38.1 Å². The lowest BCUT2D eigenvalue weighted by atomic mass is 10.0. The van der Waals surface area contributed by atoms with Crippen molar-refractivity contribution in [2.45, 2.75) is 50.6 Å². The van der Waals surface area contributed by atoms with Gasteiger partial charge < -0.3 is 5.32 Å². The molecule has 6 nitrogen and oxygen atoms in total. The summed E-state index contributed by atoms with van der Waals surface area (Å²) in [6.07, 6.45) is 0. The maximum absolute atomic E-state index is 12.4. The van der Waals surface area contributed by atoms with Crippen LogP contribution < -0.4 is 15.8 Å². The lowest BCUT2D eigenvalue weighted by molar-refractivity contribution is -0.117. The van der Waals surface area contributed by atoms with Gasteiger partial charge in [0.1, 0.15) is 0 Å². The maximum atomic E-state index is 12.4. The van der Waals surface area contributed by atoms with E-state index in [-0.39, 0.29) is 16.8 Å². The molecule has 4 N–H and O–H groups in total. The summed E-state index contributed by atoms with van der Waals surface area (Å²) in [4.78, 5) is 12.5. The van der Waals surface area contributed by atoms with Crippen LogP contribution in [0, 0.1) is 0 Å². The molecule has 0 radical (unpaired) electrons. The summed E-state index contributed by atoms with van der Waals surface area (Å²) < 4.78 is 22.6.